The van der Waals surface area contributed by atoms with E-state index >= 15 is 0 Å². The third-order valence-corrected chi connectivity index (χ3v) is 2.89. The Balaban J connectivity index is 2.65. The number of aromatic hydroxyl groups is 1. The molecule has 0 atom stereocenters. The number of phenolic OH excluding ortho intramolecular Hbond substituents is 1. The van der Waals surface area contributed by atoms with E-state index in [2.05, 4.69) is 10.9 Å². The van der Waals surface area contributed by atoms with Crippen molar-refractivity contribution < 1.29 is 14.7 Å². The predicted octanol–water partition coefficient (Wildman–Crippen LogP) is 1.79. The molecule has 0 heterocycles. The van der Waals surface area contributed by atoms with E-state index in [0.717, 1.165) is 11.1 Å². The molecule has 0 spiro atoms. The van der Waals surface area contributed by atoms with Crippen molar-refractivity contribution in [2.75, 3.05) is 0 Å². The monoisotopic (exact) mass is 278 g/mol. The minimum absolute atomic E-state index is 0.154. The van der Waals surface area contributed by atoms with Crippen LogP contribution >= 0.6 is 0 Å². The van der Waals surface area contributed by atoms with Gasteiger partial charge in [-0.3, -0.25) is 20.4 Å². The zero-order valence-corrected chi connectivity index (χ0v) is 12.4. The molecule has 20 heavy (non-hydrogen) atoms. The zero-order chi connectivity index (χ0) is 15.3. The van der Waals surface area contributed by atoms with E-state index in [1.54, 1.807) is 12.1 Å². The SMILES string of the molecule is CC(=O)NNC(=O)CCc1ccc(O)c(C(C)(C)C)c1. The molecule has 0 aliphatic heterocycles. The van der Waals surface area contributed by atoms with Crippen molar-refractivity contribution in [2.45, 2.75) is 46.0 Å². The van der Waals surface area contributed by atoms with Gasteiger partial charge in [0, 0.05) is 13.3 Å². The molecule has 0 aliphatic carbocycles. The molecule has 0 unspecified atom stereocenters. The molecule has 0 aromatic heterocycles. The summed E-state index contributed by atoms with van der Waals surface area (Å²) < 4.78 is 0. The van der Waals surface area contributed by atoms with Crippen molar-refractivity contribution in [3.8, 4) is 5.75 Å². The average Bonchev–Trinajstić information content (AvgIpc) is 2.33. The largest absolute Gasteiger partial charge is 0.508 e. The van der Waals surface area contributed by atoms with Gasteiger partial charge in [0.2, 0.25) is 11.8 Å². The van der Waals surface area contributed by atoms with Crippen LogP contribution in [0.2, 0.25) is 0 Å². The maximum Gasteiger partial charge on any atom is 0.238 e. The first-order chi connectivity index (χ1) is 9.20. The van der Waals surface area contributed by atoms with E-state index in [0.29, 0.717) is 6.42 Å². The number of phenols is 1. The summed E-state index contributed by atoms with van der Waals surface area (Å²) in [5, 5.41) is 9.87. The molecule has 0 saturated heterocycles. The Labute approximate surface area is 119 Å². The second kappa shape index (κ2) is 6.41. The van der Waals surface area contributed by atoms with E-state index in [1.165, 1.54) is 6.92 Å². The summed E-state index contributed by atoms with van der Waals surface area (Å²) in [5.41, 5.74) is 6.25. The van der Waals surface area contributed by atoms with Crippen LogP contribution in [0, 0.1) is 0 Å². The molecule has 1 rings (SSSR count). The van der Waals surface area contributed by atoms with Gasteiger partial charge in [-0.2, -0.15) is 0 Å². The van der Waals surface area contributed by atoms with Crippen molar-refractivity contribution in [1.82, 2.24) is 10.9 Å². The highest BCUT2D eigenvalue weighted by atomic mass is 16.3. The van der Waals surface area contributed by atoms with E-state index in [9.17, 15) is 14.7 Å². The Morgan fingerprint density at radius 2 is 1.85 bits per heavy atom. The number of benzene rings is 1. The molecule has 0 aliphatic rings. The Kier molecular flexibility index (Phi) is 5.13. The minimum Gasteiger partial charge on any atom is -0.508 e. The van der Waals surface area contributed by atoms with Crippen LogP contribution in [0.15, 0.2) is 18.2 Å². The Morgan fingerprint density at radius 1 is 1.20 bits per heavy atom. The lowest BCUT2D eigenvalue weighted by Crippen LogP contribution is -2.40. The third kappa shape index (κ3) is 4.91. The van der Waals surface area contributed by atoms with Gasteiger partial charge in [-0.1, -0.05) is 32.9 Å². The van der Waals surface area contributed by atoms with E-state index in [-0.39, 0.29) is 29.4 Å². The topological polar surface area (TPSA) is 78.4 Å². The van der Waals surface area contributed by atoms with Crippen molar-refractivity contribution in [1.29, 1.82) is 0 Å². The van der Waals surface area contributed by atoms with Crippen LogP contribution in [-0.2, 0) is 21.4 Å². The lowest BCUT2D eigenvalue weighted by molar-refractivity contribution is -0.127. The summed E-state index contributed by atoms with van der Waals surface area (Å²) in [6.45, 7) is 7.40. The summed E-state index contributed by atoms with van der Waals surface area (Å²) in [4.78, 5) is 22.2. The first-order valence-corrected chi connectivity index (χ1v) is 6.58. The van der Waals surface area contributed by atoms with Crippen LogP contribution in [0.5, 0.6) is 5.75 Å². The van der Waals surface area contributed by atoms with Gasteiger partial charge in [0.05, 0.1) is 0 Å². The van der Waals surface area contributed by atoms with Gasteiger partial charge in [-0.15, -0.1) is 0 Å². The Morgan fingerprint density at radius 3 is 2.40 bits per heavy atom. The smallest absolute Gasteiger partial charge is 0.238 e. The molecule has 0 radical (unpaired) electrons. The number of hydrazine groups is 1. The number of carbonyl (C=O) groups excluding carboxylic acids is 2. The molecular formula is C15H22N2O3. The Bertz CT molecular complexity index is 504. The highest BCUT2D eigenvalue weighted by molar-refractivity contribution is 5.80. The molecule has 0 fully saturated rings. The molecular weight excluding hydrogens is 256 g/mol. The fourth-order valence-electron chi connectivity index (χ4n) is 1.82. The van der Waals surface area contributed by atoms with Gasteiger partial charge >= 0.3 is 0 Å². The quantitative estimate of drug-likeness (QED) is 0.738. The number of nitrogens with one attached hydrogen (secondary N) is 2. The molecule has 1 aromatic rings. The standard InChI is InChI=1S/C15H22N2O3/c1-10(18)16-17-14(20)8-6-11-5-7-13(19)12(9-11)15(2,3)4/h5,7,9,19H,6,8H2,1-4H3,(H,16,18)(H,17,20). The van der Waals surface area contributed by atoms with Crippen molar-refractivity contribution in [2.24, 2.45) is 0 Å². The normalized spacial score (nSPS) is 11.0. The van der Waals surface area contributed by atoms with Crippen molar-refractivity contribution in [3.05, 3.63) is 29.3 Å². The van der Waals surface area contributed by atoms with E-state index < -0.39 is 0 Å². The number of rotatable bonds is 3. The van der Waals surface area contributed by atoms with Crippen molar-refractivity contribution in [3.63, 3.8) is 0 Å². The number of amides is 2. The van der Waals surface area contributed by atoms with Gasteiger partial charge in [0.25, 0.3) is 0 Å². The fraction of sp³-hybridized carbons (Fsp3) is 0.467. The lowest BCUT2D eigenvalue weighted by Gasteiger charge is -2.21. The molecule has 5 heteroatoms. The predicted molar refractivity (Wildman–Crippen MR) is 77.1 cm³/mol. The number of carbonyl (C=O) groups is 2. The van der Waals surface area contributed by atoms with Crippen LogP contribution in [0.25, 0.3) is 0 Å². The van der Waals surface area contributed by atoms with Gasteiger partial charge in [0.1, 0.15) is 5.75 Å². The molecule has 5 nitrogen and oxygen atoms in total. The first kappa shape index (κ1) is 16.0. The molecule has 3 N–H and O–H groups in total. The lowest BCUT2D eigenvalue weighted by atomic mass is 9.85. The van der Waals surface area contributed by atoms with E-state index in [1.807, 2.05) is 26.8 Å². The summed E-state index contributed by atoms with van der Waals surface area (Å²) >= 11 is 0. The van der Waals surface area contributed by atoms with Crippen LogP contribution in [0.3, 0.4) is 0 Å². The first-order valence-electron chi connectivity index (χ1n) is 6.58. The van der Waals surface area contributed by atoms with Gasteiger partial charge in [-0.25, -0.2) is 0 Å². The number of hydrogen-bond donors (Lipinski definition) is 3. The van der Waals surface area contributed by atoms with Crippen LogP contribution < -0.4 is 10.9 Å². The average molecular weight is 278 g/mol. The summed E-state index contributed by atoms with van der Waals surface area (Å²) in [5.74, 6) is -0.285. The minimum atomic E-state index is -0.307. The fourth-order valence-corrected chi connectivity index (χ4v) is 1.82. The van der Waals surface area contributed by atoms with Crippen LogP contribution in [0.4, 0.5) is 0 Å². The molecule has 0 saturated carbocycles. The number of hydrogen-bond acceptors (Lipinski definition) is 3. The van der Waals surface area contributed by atoms with Crippen LogP contribution in [0.1, 0.15) is 45.2 Å². The highest BCUT2D eigenvalue weighted by Gasteiger charge is 2.18. The van der Waals surface area contributed by atoms with Gasteiger partial charge in [0.15, 0.2) is 0 Å². The maximum absolute atomic E-state index is 11.5. The summed E-state index contributed by atoms with van der Waals surface area (Å²) in [6, 6.07) is 5.37. The van der Waals surface area contributed by atoms with Gasteiger partial charge < -0.3 is 5.11 Å². The van der Waals surface area contributed by atoms with Crippen molar-refractivity contribution >= 4 is 11.8 Å². The highest BCUT2D eigenvalue weighted by Crippen LogP contribution is 2.31. The molecule has 2 amide bonds. The molecule has 0 bridgehead atoms. The molecule has 1 aromatic carbocycles. The third-order valence-electron chi connectivity index (χ3n) is 2.89. The summed E-state index contributed by atoms with van der Waals surface area (Å²) in [6.07, 6.45) is 0.823. The maximum atomic E-state index is 11.5. The summed E-state index contributed by atoms with van der Waals surface area (Å²) in [7, 11) is 0. The Hall–Kier alpha value is -2.04. The molecule has 110 valence electrons. The second-order valence-electron chi connectivity index (χ2n) is 5.83. The second-order valence-corrected chi connectivity index (χ2v) is 5.83. The van der Waals surface area contributed by atoms with Crippen LogP contribution in [-0.4, -0.2) is 16.9 Å². The number of aryl methyl sites for hydroxylation is 1. The van der Waals surface area contributed by atoms with Gasteiger partial charge in [-0.05, 0) is 29.0 Å². The van der Waals surface area contributed by atoms with E-state index in [4.69, 9.17) is 0 Å². The zero-order valence-electron chi connectivity index (χ0n) is 12.4.